The van der Waals surface area contributed by atoms with Crippen molar-refractivity contribution >= 4 is 23.1 Å². The molecule has 2 aliphatic rings. The van der Waals surface area contributed by atoms with Crippen LogP contribution in [0, 0.1) is 22.2 Å². The third-order valence-corrected chi connectivity index (χ3v) is 10.8. The van der Waals surface area contributed by atoms with Gasteiger partial charge in [-0.05, 0) is 143 Å². The molecule has 0 amide bonds. The first-order valence-electron chi connectivity index (χ1n) is 17.6. The Morgan fingerprint density at radius 2 is 1.33 bits per heavy atom. The van der Waals surface area contributed by atoms with Gasteiger partial charge in [0.15, 0.2) is 28.8 Å². The van der Waals surface area contributed by atoms with Crippen LogP contribution in [0.5, 0.6) is 11.5 Å². The first-order chi connectivity index (χ1) is 22.8. The van der Waals surface area contributed by atoms with Crippen LogP contribution in [-0.4, -0.2) is 32.7 Å². The molecule has 3 N–H and O–H groups in total. The van der Waals surface area contributed by atoms with E-state index in [0.29, 0.717) is 19.3 Å². The molecule has 2 fully saturated rings. The maximum Gasteiger partial charge on any atom is 0.184 e. The summed E-state index contributed by atoms with van der Waals surface area (Å²) in [6.07, 6.45) is 14.6. The van der Waals surface area contributed by atoms with Crippen LogP contribution in [0.25, 0.3) is 5.76 Å². The zero-order valence-electron chi connectivity index (χ0n) is 31.4. The molecule has 49 heavy (non-hydrogen) atoms. The Bertz CT molecular complexity index is 1650. The highest BCUT2D eigenvalue weighted by atomic mass is 16.3. The van der Waals surface area contributed by atoms with Gasteiger partial charge in [0.2, 0.25) is 0 Å². The zero-order valence-corrected chi connectivity index (χ0v) is 31.4. The number of ketones is 3. The summed E-state index contributed by atoms with van der Waals surface area (Å²) >= 11 is 0. The van der Waals surface area contributed by atoms with Crippen LogP contribution in [-0.2, 0) is 14.4 Å². The number of hydrogen-bond acceptors (Lipinski definition) is 6. The van der Waals surface area contributed by atoms with Crippen molar-refractivity contribution in [2.24, 2.45) is 22.2 Å². The summed E-state index contributed by atoms with van der Waals surface area (Å²) in [6, 6.07) is 3.69. The predicted molar refractivity (Wildman–Crippen MR) is 199 cm³/mol. The van der Waals surface area contributed by atoms with Gasteiger partial charge in [0.1, 0.15) is 16.7 Å². The molecule has 1 aromatic carbocycles. The van der Waals surface area contributed by atoms with Crippen molar-refractivity contribution in [1.29, 1.82) is 0 Å². The van der Waals surface area contributed by atoms with Crippen LogP contribution in [0.1, 0.15) is 126 Å². The van der Waals surface area contributed by atoms with Crippen molar-refractivity contribution in [2.75, 3.05) is 0 Å². The predicted octanol–water partition coefficient (Wildman–Crippen LogP) is 10.6. The molecule has 2 aliphatic carbocycles. The number of phenols is 2. The van der Waals surface area contributed by atoms with Crippen LogP contribution in [0.15, 0.2) is 82.0 Å². The fourth-order valence-corrected chi connectivity index (χ4v) is 7.78. The van der Waals surface area contributed by atoms with Crippen LogP contribution in [0.3, 0.4) is 0 Å². The molecule has 2 saturated carbocycles. The molecule has 0 aliphatic heterocycles. The molecule has 266 valence electrons. The molecule has 1 aromatic rings. The van der Waals surface area contributed by atoms with Crippen molar-refractivity contribution in [1.82, 2.24) is 0 Å². The number of rotatable bonds is 13. The van der Waals surface area contributed by atoms with Gasteiger partial charge >= 0.3 is 0 Å². The van der Waals surface area contributed by atoms with Gasteiger partial charge in [-0.1, -0.05) is 65.2 Å². The van der Waals surface area contributed by atoms with E-state index in [9.17, 15) is 20.1 Å². The number of carbonyl (C=O) groups excluding carboxylic acids is 3. The molecule has 0 spiro atoms. The zero-order chi connectivity index (χ0) is 36.9. The second-order valence-electron chi connectivity index (χ2n) is 15.6. The normalized spacial score (nSPS) is 26.2. The van der Waals surface area contributed by atoms with Crippen LogP contribution >= 0.6 is 0 Å². The summed E-state index contributed by atoms with van der Waals surface area (Å²) in [7, 11) is 0. The number of Topliss-reactive ketones (excluding diaryl/α,β-unsaturated/α-hetero) is 3. The van der Waals surface area contributed by atoms with Gasteiger partial charge in [0, 0.05) is 5.56 Å². The van der Waals surface area contributed by atoms with Crippen molar-refractivity contribution in [3.8, 4) is 11.5 Å². The van der Waals surface area contributed by atoms with Crippen LogP contribution in [0.4, 0.5) is 0 Å². The molecule has 2 bridgehead atoms. The Hall–Kier alpha value is -3.93. The van der Waals surface area contributed by atoms with E-state index in [1.165, 1.54) is 23.3 Å². The van der Waals surface area contributed by atoms with Crippen molar-refractivity contribution in [3.63, 3.8) is 0 Å². The minimum Gasteiger partial charge on any atom is -0.506 e. The summed E-state index contributed by atoms with van der Waals surface area (Å²) in [5.74, 6) is -3.33. The van der Waals surface area contributed by atoms with Gasteiger partial charge in [-0.15, -0.1) is 0 Å². The van der Waals surface area contributed by atoms with Crippen molar-refractivity contribution < 1.29 is 29.7 Å². The molecule has 0 aromatic heterocycles. The highest BCUT2D eigenvalue weighted by molar-refractivity contribution is 6.41. The summed E-state index contributed by atoms with van der Waals surface area (Å²) in [5, 5.41) is 32.0. The average molecular weight is 671 g/mol. The van der Waals surface area contributed by atoms with Gasteiger partial charge in [0.05, 0.1) is 5.41 Å². The highest BCUT2D eigenvalue weighted by Gasteiger charge is 2.74. The highest BCUT2D eigenvalue weighted by Crippen LogP contribution is 2.67. The fraction of sp³-hybridized carbons (Fsp3) is 0.512. The Morgan fingerprint density at radius 3 is 1.90 bits per heavy atom. The fourth-order valence-electron chi connectivity index (χ4n) is 7.78. The largest absolute Gasteiger partial charge is 0.506 e. The number of phenolic OH excluding ortho intramolecular Hbond substituents is 2. The Labute approximate surface area is 294 Å². The molecular formula is C43H58O6. The number of hydrogen-bond donors (Lipinski definition) is 3. The number of aliphatic hydroxyl groups excluding tert-OH is 1. The Balaban J connectivity index is 2.44. The topological polar surface area (TPSA) is 112 Å². The van der Waals surface area contributed by atoms with Gasteiger partial charge in [-0.2, -0.15) is 0 Å². The molecule has 6 heteroatoms. The van der Waals surface area contributed by atoms with Gasteiger partial charge in [-0.25, -0.2) is 0 Å². The van der Waals surface area contributed by atoms with Gasteiger partial charge in [0.25, 0.3) is 0 Å². The summed E-state index contributed by atoms with van der Waals surface area (Å²) < 4.78 is 0. The van der Waals surface area contributed by atoms with E-state index in [2.05, 4.69) is 45.9 Å². The van der Waals surface area contributed by atoms with E-state index in [0.717, 1.165) is 35.6 Å². The summed E-state index contributed by atoms with van der Waals surface area (Å²) in [6.45, 7) is 20.1. The van der Waals surface area contributed by atoms with E-state index >= 15 is 9.59 Å². The smallest absolute Gasteiger partial charge is 0.184 e. The molecule has 0 radical (unpaired) electrons. The third kappa shape index (κ3) is 7.95. The number of allylic oxidation sites excluding steroid dienone is 11. The van der Waals surface area contributed by atoms with Crippen LogP contribution in [0.2, 0.25) is 0 Å². The maximum absolute atomic E-state index is 15.4. The van der Waals surface area contributed by atoms with E-state index < -0.39 is 50.6 Å². The first-order valence-corrected chi connectivity index (χ1v) is 17.6. The summed E-state index contributed by atoms with van der Waals surface area (Å²) in [4.78, 5) is 45.6. The molecule has 4 atom stereocenters. The number of fused-ring (bicyclic) bond motifs is 2. The monoisotopic (exact) mass is 670 g/mol. The summed E-state index contributed by atoms with van der Waals surface area (Å²) in [5.41, 5.74) is 1.11. The molecule has 6 nitrogen and oxygen atoms in total. The van der Waals surface area contributed by atoms with Crippen molar-refractivity contribution in [3.05, 3.63) is 87.6 Å². The SMILES string of the molecule is CC(C)=CCC/C(C)=C/C[C@@H]1C[C@@]2(CC=C(C)C)C(=O)/C(=C(/O)c3ccc(O)c(O)c3)C(=O)[C@](CC=C(C)C)(C2=O)[C@@]1(C)CCC=C(C)C. The lowest BCUT2D eigenvalue weighted by Gasteiger charge is -2.61. The second kappa shape index (κ2) is 15.7. The third-order valence-electron chi connectivity index (χ3n) is 10.8. The number of benzene rings is 1. The van der Waals surface area contributed by atoms with E-state index in [-0.39, 0.29) is 36.5 Å². The molecule has 0 unspecified atom stereocenters. The maximum atomic E-state index is 15.4. The van der Waals surface area contributed by atoms with E-state index in [4.69, 9.17) is 0 Å². The standard InChI is InChI=1S/C43H58O6/c1-27(2)13-11-15-31(9)16-18-33-26-42(23-20-29(5)6)38(47)36(37(46)32-17-19-34(44)35(45)25-32)39(48)43(40(42)49,24-21-30(7)8)41(33,10)22-12-14-28(3)4/h13-14,16-17,19-21,25,33,44-46H,11-12,15,18,22-24,26H2,1-10H3/b31-16+,37-36-/t33-,41+,42+,43-/m1/s1. The number of aromatic hydroxyl groups is 2. The van der Waals surface area contributed by atoms with Crippen molar-refractivity contribution in [2.45, 2.75) is 121 Å². The Kier molecular flexibility index (Phi) is 12.7. The lowest BCUT2D eigenvalue weighted by atomic mass is 9.37. The lowest BCUT2D eigenvalue weighted by molar-refractivity contribution is -0.178. The molecular weight excluding hydrogens is 612 g/mol. The Morgan fingerprint density at radius 1 is 0.755 bits per heavy atom. The average Bonchev–Trinajstić information content (AvgIpc) is 3.00. The van der Waals surface area contributed by atoms with Crippen LogP contribution < -0.4 is 0 Å². The number of aliphatic hydroxyl groups is 1. The molecule has 3 rings (SSSR count). The quantitative estimate of drug-likeness (QED) is 0.0481. The van der Waals surface area contributed by atoms with E-state index in [1.807, 2.05) is 53.7 Å². The minimum absolute atomic E-state index is 0.0202. The lowest BCUT2D eigenvalue weighted by Crippen LogP contribution is -2.70. The minimum atomic E-state index is -1.63. The number of carbonyl (C=O) groups is 3. The van der Waals surface area contributed by atoms with Gasteiger partial charge in [-0.3, -0.25) is 14.4 Å². The molecule has 0 saturated heterocycles. The second-order valence-corrected chi connectivity index (χ2v) is 15.6. The van der Waals surface area contributed by atoms with Gasteiger partial charge < -0.3 is 15.3 Å². The molecule has 0 heterocycles. The first kappa shape index (κ1) is 39.5. The van der Waals surface area contributed by atoms with E-state index in [1.54, 1.807) is 0 Å².